The van der Waals surface area contributed by atoms with Gasteiger partial charge in [0.25, 0.3) is 0 Å². The van der Waals surface area contributed by atoms with Crippen LogP contribution in [0.2, 0.25) is 0 Å². The first-order valence-corrected chi connectivity index (χ1v) is 9.00. The predicted octanol–water partition coefficient (Wildman–Crippen LogP) is 4.55. The highest BCUT2D eigenvalue weighted by Gasteiger charge is 2.38. The summed E-state index contributed by atoms with van der Waals surface area (Å²) >= 11 is 0. The fourth-order valence-corrected chi connectivity index (χ4v) is 3.57. The van der Waals surface area contributed by atoms with Gasteiger partial charge in [0.2, 0.25) is 0 Å². The molecule has 3 aromatic carbocycles. The quantitative estimate of drug-likeness (QED) is 0.754. The van der Waals surface area contributed by atoms with Crippen LogP contribution < -0.4 is 10.3 Å². The summed E-state index contributed by atoms with van der Waals surface area (Å²) in [6, 6.07) is 29.8. The first kappa shape index (κ1) is 16.6. The van der Waals surface area contributed by atoms with Crippen molar-refractivity contribution in [3.8, 4) is 0 Å². The van der Waals surface area contributed by atoms with Crippen LogP contribution in [-0.2, 0) is 0 Å². The molecule has 1 heterocycles. The van der Waals surface area contributed by atoms with E-state index in [1.54, 1.807) is 0 Å². The summed E-state index contributed by atoms with van der Waals surface area (Å²) in [7, 11) is 2.01. The van der Waals surface area contributed by atoms with Crippen LogP contribution in [0.3, 0.4) is 0 Å². The summed E-state index contributed by atoms with van der Waals surface area (Å²) in [6.45, 7) is 2.11. The minimum atomic E-state index is 0.111. The third kappa shape index (κ3) is 3.02. The maximum atomic E-state index is 5.06. The van der Waals surface area contributed by atoms with Crippen molar-refractivity contribution in [2.24, 2.45) is 5.10 Å². The summed E-state index contributed by atoms with van der Waals surface area (Å²) in [5.74, 6) is 0. The molecule has 0 bridgehead atoms. The van der Waals surface area contributed by atoms with E-state index >= 15 is 0 Å². The number of hydrogen-bond donors (Lipinski definition) is 1. The molecule has 0 saturated heterocycles. The average molecular weight is 341 g/mol. The Morgan fingerprint density at radius 1 is 0.808 bits per heavy atom. The van der Waals surface area contributed by atoms with Gasteiger partial charge in [-0.1, -0.05) is 78.4 Å². The largest absolute Gasteiger partial charge is 0.310 e. The fourth-order valence-electron chi connectivity index (χ4n) is 3.57. The van der Waals surface area contributed by atoms with Gasteiger partial charge in [-0.2, -0.15) is 5.10 Å². The van der Waals surface area contributed by atoms with E-state index in [1.807, 2.05) is 13.1 Å². The molecule has 4 rings (SSSR count). The number of para-hydroxylation sites is 1. The molecular weight excluding hydrogens is 318 g/mol. The molecule has 2 atom stereocenters. The molecule has 0 aliphatic carbocycles. The lowest BCUT2D eigenvalue weighted by molar-refractivity contribution is 0.572. The second-order valence-corrected chi connectivity index (χ2v) is 6.65. The standard InChI is InChI=1S/C23H23N3/c1-17-13-15-18(16-14-17)21-22(24-2)23(19-9-5-3-6-10-19)26(25-21)20-11-7-4-8-12-20/h3-16,22-24H,1-2H3/t22-,23-/m1/s1. The van der Waals surface area contributed by atoms with E-state index < -0.39 is 0 Å². The molecule has 1 N–H and O–H groups in total. The Balaban J connectivity index is 1.83. The zero-order valence-electron chi connectivity index (χ0n) is 15.1. The second-order valence-electron chi connectivity index (χ2n) is 6.65. The van der Waals surface area contributed by atoms with Crippen molar-refractivity contribution >= 4 is 11.4 Å². The highest BCUT2D eigenvalue weighted by molar-refractivity contribution is 6.07. The van der Waals surface area contributed by atoms with Crippen molar-refractivity contribution in [2.75, 3.05) is 12.1 Å². The Labute approximate surface area is 155 Å². The van der Waals surface area contributed by atoms with Gasteiger partial charge in [-0.3, -0.25) is 5.01 Å². The van der Waals surface area contributed by atoms with Crippen LogP contribution in [0, 0.1) is 6.92 Å². The van der Waals surface area contributed by atoms with Crippen LogP contribution >= 0.6 is 0 Å². The lowest BCUT2D eigenvalue weighted by Gasteiger charge is -2.28. The molecule has 3 nitrogen and oxygen atoms in total. The Kier molecular flexibility index (Phi) is 4.55. The van der Waals surface area contributed by atoms with Crippen molar-refractivity contribution in [3.05, 3.63) is 102 Å². The number of hydrogen-bond acceptors (Lipinski definition) is 3. The Morgan fingerprint density at radius 2 is 1.42 bits per heavy atom. The Bertz CT molecular complexity index is 886. The van der Waals surface area contributed by atoms with E-state index in [2.05, 4.69) is 96.1 Å². The molecule has 0 fully saturated rings. The monoisotopic (exact) mass is 341 g/mol. The van der Waals surface area contributed by atoms with Crippen molar-refractivity contribution in [2.45, 2.75) is 19.0 Å². The first-order chi connectivity index (χ1) is 12.8. The molecule has 130 valence electrons. The van der Waals surface area contributed by atoms with E-state index in [9.17, 15) is 0 Å². The average Bonchev–Trinajstić information content (AvgIpc) is 3.09. The normalized spacial score (nSPS) is 19.5. The van der Waals surface area contributed by atoms with Gasteiger partial charge in [0, 0.05) is 0 Å². The maximum absolute atomic E-state index is 5.06. The molecule has 0 spiro atoms. The van der Waals surface area contributed by atoms with E-state index in [0.29, 0.717) is 0 Å². The molecule has 0 unspecified atom stereocenters. The van der Waals surface area contributed by atoms with Crippen molar-refractivity contribution in [3.63, 3.8) is 0 Å². The third-order valence-corrected chi connectivity index (χ3v) is 4.91. The number of likely N-dealkylation sites (N-methyl/N-ethyl adjacent to an activating group) is 1. The number of nitrogens with one attached hydrogen (secondary N) is 1. The molecule has 0 saturated carbocycles. The molecule has 3 aromatic rings. The SMILES string of the molecule is CN[C@@H]1C(c2ccc(C)cc2)=NN(c2ccccc2)[C@@H]1c1ccccc1. The van der Waals surface area contributed by atoms with Gasteiger partial charge in [-0.25, -0.2) is 0 Å². The Morgan fingerprint density at radius 3 is 2.04 bits per heavy atom. The smallest absolute Gasteiger partial charge is 0.0986 e. The second kappa shape index (κ2) is 7.14. The van der Waals surface area contributed by atoms with E-state index in [1.165, 1.54) is 11.1 Å². The summed E-state index contributed by atoms with van der Waals surface area (Å²) in [5.41, 5.74) is 5.85. The summed E-state index contributed by atoms with van der Waals surface area (Å²) in [5, 5.41) is 10.7. The van der Waals surface area contributed by atoms with Gasteiger partial charge in [0.15, 0.2) is 0 Å². The molecule has 0 radical (unpaired) electrons. The number of benzene rings is 3. The van der Waals surface area contributed by atoms with Gasteiger partial charge >= 0.3 is 0 Å². The number of rotatable bonds is 4. The van der Waals surface area contributed by atoms with Crippen molar-refractivity contribution in [1.29, 1.82) is 0 Å². The van der Waals surface area contributed by atoms with Gasteiger partial charge < -0.3 is 5.32 Å². The number of anilines is 1. The molecule has 0 amide bonds. The lowest BCUT2D eigenvalue weighted by atomic mass is 9.93. The molecule has 26 heavy (non-hydrogen) atoms. The maximum Gasteiger partial charge on any atom is 0.0986 e. The minimum absolute atomic E-state index is 0.111. The van der Waals surface area contributed by atoms with Gasteiger partial charge in [-0.05, 0) is 37.2 Å². The zero-order chi connectivity index (χ0) is 17.9. The first-order valence-electron chi connectivity index (χ1n) is 9.00. The molecule has 3 heteroatoms. The number of aryl methyl sites for hydroxylation is 1. The minimum Gasteiger partial charge on any atom is -0.310 e. The fraction of sp³-hybridized carbons (Fsp3) is 0.174. The number of hydrazone groups is 1. The third-order valence-electron chi connectivity index (χ3n) is 4.91. The molecular formula is C23H23N3. The van der Waals surface area contributed by atoms with Crippen molar-refractivity contribution in [1.82, 2.24) is 5.32 Å². The summed E-state index contributed by atoms with van der Waals surface area (Å²) in [4.78, 5) is 0. The molecule has 0 aromatic heterocycles. The van der Waals surface area contributed by atoms with Crippen LogP contribution in [0.5, 0.6) is 0 Å². The van der Waals surface area contributed by atoms with E-state index in [4.69, 9.17) is 5.10 Å². The summed E-state index contributed by atoms with van der Waals surface area (Å²) in [6.07, 6.45) is 0. The van der Waals surface area contributed by atoms with Crippen LogP contribution in [0.4, 0.5) is 5.69 Å². The Hall–Kier alpha value is -2.91. The van der Waals surface area contributed by atoms with Crippen LogP contribution in [-0.4, -0.2) is 18.8 Å². The molecule has 1 aliphatic heterocycles. The predicted molar refractivity (Wildman–Crippen MR) is 109 cm³/mol. The van der Waals surface area contributed by atoms with Crippen LogP contribution in [0.1, 0.15) is 22.7 Å². The highest BCUT2D eigenvalue weighted by atomic mass is 15.5. The number of nitrogens with zero attached hydrogens (tertiary/aromatic N) is 2. The highest BCUT2D eigenvalue weighted by Crippen LogP contribution is 2.36. The van der Waals surface area contributed by atoms with Crippen LogP contribution in [0.15, 0.2) is 90.0 Å². The topological polar surface area (TPSA) is 27.6 Å². The van der Waals surface area contributed by atoms with Crippen LogP contribution in [0.25, 0.3) is 0 Å². The van der Waals surface area contributed by atoms with Gasteiger partial charge in [0.05, 0.1) is 23.5 Å². The van der Waals surface area contributed by atoms with Gasteiger partial charge in [-0.15, -0.1) is 0 Å². The van der Waals surface area contributed by atoms with Gasteiger partial charge in [0.1, 0.15) is 0 Å². The lowest BCUT2D eigenvalue weighted by Crippen LogP contribution is -2.39. The van der Waals surface area contributed by atoms with E-state index in [0.717, 1.165) is 17.0 Å². The van der Waals surface area contributed by atoms with Crippen molar-refractivity contribution < 1.29 is 0 Å². The van der Waals surface area contributed by atoms with E-state index in [-0.39, 0.29) is 12.1 Å². The summed E-state index contributed by atoms with van der Waals surface area (Å²) < 4.78 is 0. The molecule has 1 aliphatic rings. The zero-order valence-corrected chi connectivity index (χ0v) is 15.1.